The second-order valence-corrected chi connectivity index (χ2v) is 5.66. The van der Waals surface area contributed by atoms with E-state index in [0.29, 0.717) is 30.8 Å². The molecule has 0 unspecified atom stereocenters. The first-order valence-corrected chi connectivity index (χ1v) is 7.65. The smallest absolute Gasteiger partial charge is 0.254 e. The molecule has 5 nitrogen and oxygen atoms in total. The second-order valence-electron chi connectivity index (χ2n) is 5.66. The van der Waals surface area contributed by atoms with Gasteiger partial charge in [0.15, 0.2) is 5.76 Å². The summed E-state index contributed by atoms with van der Waals surface area (Å²) in [4.78, 5) is 18.3. The normalized spacial score (nSPS) is 13.6. The maximum absolute atomic E-state index is 13.1. The van der Waals surface area contributed by atoms with Gasteiger partial charge in [0.25, 0.3) is 5.91 Å². The molecule has 0 saturated heterocycles. The Morgan fingerprint density at radius 1 is 1.12 bits per heavy atom. The predicted molar refractivity (Wildman–Crippen MR) is 84.6 cm³/mol. The third-order valence-corrected chi connectivity index (χ3v) is 4.16. The van der Waals surface area contributed by atoms with Gasteiger partial charge in [0.1, 0.15) is 5.82 Å². The Balaban J connectivity index is 1.64. The van der Waals surface area contributed by atoms with Crippen LogP contribution < -0.4 is 0 Å². The molecular formula is C18H14FN3O2. The number of pyridine rings is 1. The highest BCUT2D eigenvalue weighted by molar-refractivity contribution is 5.94. The molecule has 1 aliphatic heterocycles. The topological polar surface area (TPSA) is 59.2 Å². The minimum absolute atomic E-state index is 0.0469. The lowest BCUT2D eigenvalue weighted by Crippen LogP contribution is -2.35. The maximum atomic E-state index is 13.1. The first-order valence-electron chi connectivity index (χ1n) is 7.65. The van der Waals surface area contributed by atoms with Crippen molar-refractivity contribution in [1.29, 1.82) is 0 Å². The van der Waals surface area contributed by atoms with Gasteiger partial charge < -0.3 is 9.42 Å². The fraction of sp³-hybridized carbons (Fsp3) is 0.167. The highest BCUT2D eigenvalue weighted by atomic mass is 19.1. The summed E-state index contributed by atoms with van der Waals surface area (Å²) < 4.78 is 18.6. The zero-order valence-corrected chi connectivity index (χ0v) is 12.8. The lowest BCUT2D eigenvalue weighted by Gasteiger charge is -2.26. The SMILES string of the molecule is O=C(c1ccncc1)N1CCc2noc(-c3ccc(F)cc3)c2C1. The van der Waals surface area contributed by atoms with E-state index in [1.807, 2.05) is 0 Å². The molecule has 0 bridgehead atoms. The van der Waals surface area contributed by atoms with Crippen LogP contribution in [0.1, 0.15) is 21.6 Å². The summed E-state index contributed by atoms with van der Waals surface area (Å²) in [6.45, 7) is 1.01. The molecule has 3 aromatic rings. The van der Waals surface area contributed by atoms with Gasteiger partial charge in [-0.3, -0.25) is 9.78 Å². The molecular weight excluding hydrogens is 309 g/mol. The molecule has 0 fully saturated rings. The molecule has 1 aromatic carbocycles. The molecule has 3 heterocycles. The van der Waals surface area contributed by atoms with E-state index in [1.54, 1.807) is 41.6 Å². The van der Waals surface area contributed by atoms with Crippen LogP contribution in [0.2, 0.25) is 0 Å². The minimum atomic E-state index is -0.304. The third-order valence-electron chi connectivity index (χ3n) is 4.16. The molecule has 2 aromatic heterocycles. The van der Waals surface area contributed by atoms with Crippen LogP contribution in [0, 0.1) is 5.82 Å². The molecule has 0 saturated carbocycles. The molecule has 0 aliphatic carbocycles. The van der Waals surface area contributed by atoms with E-state index >= 15 is 0 Å². The van der Waals surface area contributed by atoms with Crippen molar-refractivity contribution < 1.29 is 13.7 Å². The molecule has 120 valence electrons. The summed E-state index contributed by atoms with van der Waals surface area (Å²) in [7, 11) is 0. The number of aromatic nitrogens is 2. The Labute approximate surface area is 137 Å². The van der Waals surface area contributed by atoms with Gasteiger partial charge in [-0.25, -0.2) is 4.39 Å². The Morgan fingerprint density at radius 3 is 2.62 bits per heavy atom. The molecule has 0 spiro atoms. The van der Waals surface area contributed by atoms with Crippen LogP contribution in [0.3, 0.4) is 0 Å². The van der Waals surface area contributed by atoms with Gasteiger partial charge in [0, 0.05) is 42.0 Å². The van der Waals surface area contributed by atoms with E-state index < -0.39 is 0 Å². The molecule has 24 heavy (non-hydrogen) atoms. The number of carbonyl (C=O) groups is 1. The summed E-state index contributed by atoms with van der Waals surface area (Å²) in [6, 6.07) is 9.47. The Kier molecular flexibility index (Phi) is 3.57. The number of nitrogens with zero attached hydrogens (tertiary/aromatic N) is 3. The average molecular weight is 323 g/mol. The predicted octanol–water partition coefficient (Wildman–Crippen LogP) is 3.07. The van der Waals surface area contributed by atoms with Crippen molar-refractivity contribution >= 4 is 5.91 Å². The molecule has 0 radical (unpaired) electrons. The first kappa shape index (κ1) is 14.6. The van der Waals surface area contributed by atoms with Crippen LogP contribution in [0.15, 0.2) is 53.3 Å². The highest BCUT2D eigenvalue weighted by Crippen LogP contribution is 2.31. The van der Waals surface area contributed by atoms with Crippen LogP contribution in [-0.2, 0) is 13.0 Å². The lowest BCUT2D eigenvalue weighted by atomic mass is 10.0. The number of halogens is 1. The largest absolute Gasteiger partial charge is 0.356 e. The molecule has 6 heteroatoms. The highest BCUT2D eigenvalue weighted by Gasteiger charge is 2.27. The van der Waals surface area contributed by atoms with Gasteiger partial charge in [0.05, 0.1) is 12.2 Å². The summed E-state index contributed by atoms with van der Waals surface area (Å²) in [5.41, 5.74) is 3.10. The summed E-state index contributed by atoms with van der Waals surface area (Å²) in [5, 5.41) is 4.11. The van der Waals surface area contributed by atoms with Crippen molar-refractivity contribution in [2.24, 2.45) is 0 Å². The molecule has 0 atom stereocenters. The summed E-state index contributed by atoms with van der Waals surface area (Å²) in [5.74, 6) is 0.244. The van der Waals surface area contributed by atoms with Gasteiger partial charge in [0.2, 0.25) is 0 Å². The van der Waals surface area contributed by atoms with E-state index in [9.17, 15) is 9.18 Å². The molecule has 1 aliphatic rings. The number of hydrogen-bond donors (Lipinski definition) is 0. The number of fused-ring (bicyclic) bond motifs is 1. The Morgan fingerprint density at radius 2 is 1.88 bits per heavy atom. The Hall–Kier alpha value is -3.02. The van der Waals surface area contributed by atoms with Crippen molar-refractivity contribution in [3.8, 4) is 11.3 Å². The van der Waals surface area contributed by atoms with Crippen LogP contribution in [0.4, 0.5) is 4.39 Å². The lowest BCUT2D eigenvalue weighted by molar-refractivity contribution is 0.0734. The van der Waals surface area contributed by atoms with Gasteiger partial charge in [-0.2, -0.15) is 0 Å². The van der Waals surface area contributed by atoms with Gasteiger partial charge in [-0.15, -0.1) is 0 Å². The maximum Gasteiger partial charge on any atom is 0.254 e. The zero-order valence-electron chi connectivity index (χ0n) is 12.8. The van der Waals surface area contributed by atoms with Crippen LogP contribution in [0.5, 0.6) is 0 Å². The third kappa shape index (κ3) is 2.56. The minimum Gasteiger partial charge on any atom is -0.356 e. The second kappa shape index (κ2) is 5.88. The van der Waals surface area contributed by atoms with Gasteiger partial charge in [-0.05, 0) is 36.4 Å². The van der Waals surface area contributed by atoms with Crippen molar-refractivity contribution in [2.75, 3.05) is 6.54 Å². The number of amides is 1. The monoisotopic (exact) mass is 323 g/mol. The van der Waals surface area contributed by atoms with Crippen molar-refractivity contribution in [3.63, 3.8) is 0 Å². The van der Waals surface area contributed by atoms with E-state index in [4.69, 9.17) is 4.52 Å². The van der Waals surface area contributed by atoms with E-state index in [2.05, 4.69) is 10.1 Å². The van der Waals surface area contributed by atoms with Gasteiger partial charge in [-0.1, -0.05) is 5.16 Å². The average Bonchev–Trinajstić information content (AvgIpc) is 3.05. The van der Waals surface area contributed by atoms with Crippen LogP contribution >= 0.6 is 0 Å². The zero-order chi connectivity index (χ0) is 16.5. The number of carbonyl (C=O) groups excluding carboxylic acids is 1. The Bertz CT molecular complexity index is 875. The number of rotatable bonds is 2. The van der Waals surface area contributed by atoms with Crippen molar-refractivity contribution in [2.45, 2.75) is 13.0 Å². The van der Waals surface area contributed by atoms with E-state index in [-0.39, 0.29) is 11.7 Å². The van der Waals surface area contributed by atoms with E-state index in [1.165, 1.54) is 12.1 Å². The standard InChI is InChI=1S/C18H14FN3O2/c19-14-3-1-12(2-4-14)17-15-11-22(10-7-16(15)21-24-17)18(23)13-5-8-20-9-6-13/h1-6,8-9H,7,10-11H2. The molecule has 0 N–H and O–H groups in total. The van der Waals surface area contributed by atoms with Crippen LogP contribution in [0.25, 0.3) is 11.3 Å². The first-order chi connectivity index (χ1) is 11.7. The van der Waals surface area contributed by atoms with Crippen molar-refractivity contribution in [1.82, 2.24) is 15.0 Å². The van der Waals surface area contributed by atoms with Crippen LogP contribution in [-0.4, -0.2) is 27.5 Å². The quantitative estimate of drug-likeness (QED) is 0.727. The van der Waals surface area contributed by atoms with Gasteiger partial charge >= 0.3 is 0 Å². The fourth-order valence-electron chi connectivity index (χ4n) is 2.89. The molecule has 1 amide bonds. The summed E-state index contributed by atoms with van der Waals surface area (Å²) in [6.07, 6.45) is 3.84. The summed E-state index contributed by atoms with van der Waals surface area (Å²) >= 11 is 0. The van der Waals surface area contributed by atoms with Crippen molar-refractivity contribution in [3.05, 3.63) is 71.4 Å². The number of benzene rings is 1. The number of hydrogen-bond acceptors (Lipinski definition) is 4. The van der Waals surface area contributed by atoms with E-state index in [0.717, 1.165) is 16.8 Å². The molecule has 4 rings (SSSR count). The fourth-order valence-corrected chi connectivity index (χ4v) is 2.89.